The molecule has 182 valence electrons. The molecule has 0 saturated carbocycles. The second-order valence-electron chi connectivity index (χ2n) is 8.09. The lowest BCUT2D eigenvalue weighted by Gasteiger charge is -2.09. The standard InChI is InChI=1S/C28H25BrN4O3/c1-19-16-22(20(2)33(19)25-12-8-23(29)9-13-25)17-30-32-28(35)27(34)31-24-10-14-26(15-11-24)36-18-21-6-4-3-5-7-21/h3-17H,18H2,1-2H3,(H,31,34)(H,32,35)/b30-17-. The maximum Gasteiger partial charge on any atom is 0.329 e. The van der Waals surface area contributed by atoms with Crippen LogP contribution < -0.4 is 15.5 Å². The number of halogens is 1. The number of hydrogen-bond acceptors (Lipinski definition) is 4. The molecule has 0 saturated heterocycles. The van der Waals surface area contributed by atoms with Crippen molar-refractivity contribution in [3.05, 3.63) is 112 Å². The number of ether oxygens (including phenoxy) is 1. The fourth-order valence-electron chi connectivity index (χ4n) is 3.68. The first-order valence-electron chi connectivity index (χ1n) is 11.3. The third kappa shape index (κ3) is 6.28. The van der Waals surface area contributed by atoms with Crippen LogP contribution in [-0.4, -0.2) is 22.6 Å². The van der Waals surface area contributed by atoms with E-state index in [4.69, 9.17) is 4.74 Å². The van der Waals surface area contributed by atoms with Crippen molar-refractivity contribution in [2.24, 2.45) is 5.10 Å². The molecule has 0 aliphatic rings. The minimum atomic E-state index is -0.864. The van der Waals surface area contributed by atoms with Crippen molar-refractivity contribution in [3.8, 4) is 11.4 Å². The van der Waals surface area contributed by atoms with Crippen LogP contribution in [0.3, 0.4) is 0 Å². The zero-order valence-corrected chi connectivity index (χ0v) is 21.5. The summed E-state index contributed by atoms with van der Waals surface area (Å²) in [7, 11) is 0. The topological polar surface area (TPSA) is 84.7 Å². The molecule has 0 aliphatic heterocycles. The van der Waals surface area contributed by atoms with Crippen LogP contribution in [0.4, 0.5) is 5.69 Å². The highest BCUT2D eigenvalue weighted by Crippen LogP contribution is 2.21. The van der Waals surface area contributed by atoms with Crippen LogP contribution in [0.25, 0.3) is 5.69 Å². The second kappa shape index (κ2) is 11.5. The van der Waals surface area contributed by atoms with E-state index in [9.17, 15) is 9.59 Å². The number of amides is 2. The quantitative estimate of drug-likeness (QED) is 0.182. The molecular weight excluding hydrogens is 520 g/mol. The molecule has 4 aromatic rings. The minimum absolute atomic E-state index is 0.443. The Morgan fingerprint density at radius 3 is 2.33 bits per heavy atom. The minimum Gasteiger partial charge on any atom is -0.489 e. The third-order valence-electron chi connectivity index (χ3n) is 5.49. The van der Waals surface area contributed by atoms with E-state index >= 15 is 0 Å². The van der Waals surface area contributed by atoms with E-state index in [1.54, 1.807) is 24.3 Å². The fourth-order valence-corrected chi connectivity index (χ4v) is 3.94. The predicted octanol–water partition coefficient (Wildman–Crippen LogP) is 5.52. The van der Waals surface area contributed by atoms with E-state index < -0.39 is 11.8 Å². The summed E-state index contributed by atoms with van der Waals surface area (Å²) in [5.41, 5.74) is 7.66. The van der Waals surface area contributed by atoms with Crippen molar-refractivity contribution in [2.75, 3.05) is 5.32 Å². The van der Waals surface area contributed by atoms with Gasteiger partial charge in [-0.25, -0.2) is 5.43 Å². The summed E-state index contributed by atoms with van der Waals surface area (Å²) in [6.07, 6.45) is 1.53. The molecule has 1 heterocycles. The Morgan fingerprint density at radius 1 is 0.944 bits per heavy atom. The molecule has 2 amide bonds. The first-order chi connectivity index (χ1) is 17.4. The van der Waals surface area contributed by atoms with Gasteiger partial charge >= 0.3 is 11.8 Å². The Morgan fingerprint density at radius 2 is 1.64 bits per heavy atom. The molecule has 0 bridgehead atoms. The molecule has 3 aromatic carbocycles. The third-order valence-corrected chi connectivity index (χ3v) is 6.02. The summed E-state index contributed by atoms with van der Waals surface area (Å²) in [6, 6.07) is 26.6. The van der Waals surface area contributed by atoms with Gasteiger partial charge in [0.15, 0.2) is 0 Å². The monoisotopic (exact) mass is 544 g/mol. The summed E-state index contributed by atoms with van der Waals surface area (Å²) >= 11 is 3.45. The number of nitrogens with one attached hydrogen (secondary N) is 2. The average Bonchev–Trinajstić information content (AvgIpc) is 3.17. The van der Waals surface area contributed by atoms with Crippen molar-refractivity contribution < 1.29 is 14.3 Å². The van der Waals surface area contributed by atoms with Crippen LogP contribution in [0, 0.1) is 13.8 Å². The number of benzene rings is 3. The Hall–Kier alpha value is -4.17. The highest BCUT2D eigenvalue weighted by molar-refractivity contribution is 9.10. The van der Waals surface area contributed by atoms with Crippen molar-refractivity contribution in [1.82, 2.24) is 9.99 Å². The van der Waals surface area contributed by atoms with Gasteiger partial charge in [-0.3, -0.25) is 9.59 Å². The summed E-state index contributed by atoms with van der Waals surface area (Å²) in [5.74, 6) is -1.02. The number of hydrogen-bond donors (Lipinski definition) is 2. The summed E-state index contributed by atoms with van der Waals surface area (Å²) in [6.45, 7) is 4.41. The van der Waals surface area contributed by atoms with Crippen LogP contribution in [0.15, 0.2) is 94.5 Å². The number of carbonyl (C=O) groups is 2. The van der Waals surface area contributed by atoms with E-state index in [0.717, 1.165) is 32.7 Å². The molecule has 36 heavy (non-hydrogen) atoms. The summed E-state index contributed by atoms with van der Waals surface area (Å²) in [5, 5.41) is 6.52. The van der Waals surface area contributed by atoms with Gasteiger partial charge in [0, 0.05) is 32.8 Å². The molecule has 0 unspecified atom stereocenters. The normalized spacial score (nSPS) is 10.9. The molecule has 1 aromatic heterocycles. The molecule has 2 N–H and O–H groups in total. The van der Waals surface area contributed by atoms with E-state index in [-0.39, 0.29) is 0 Å². The molecule has 4 rings (SSSR count). The maximum absolute atomic E-state index is 12.3. The van der Waals surface area contributed by atoms with Gasteiger partial charge in [-0.15, -0.1) is 0 Å². The molecule has 0 fully saturated rings. The Bertz CT molecular complexity index is 1380. The van der Waals surface area contributed by atoms with Crippen LogP contribution in [-0.2, 0) is 16.2 Å². The van der Waals surface area contributed by atoms with Crippen molar-refractivity contribution >= 4 is 39.6 Å². The van der Waals surface area contributed by atoms with Crippen molar-refractivity contribution in [3.63, 3.8) is 0 Å². The van der Waals surface area contributed by atoms with E-state index in [1.807, 2.05) is 74.5 Å². The highest BCUT2D eigenvalue weighted by atomic mass is 79.9. The second-order valence-corrected chi connectivity index (χ2v) is 9.01. The van der Waals surface area contributed by atoms with Gasteiger partial charge in [-0.1, -0.05) is 46.3 Å². The average molecular weight is 545 g/mol. The zero-order chi connectivity index (χ0) is 25.5. The van der Waals surface area contributed by atoms with E-state index in [2.05, 4.69) is 36.3 Å². The van der Waals surface area contributed by atoms with Gasteiger partial charge in [0.2, 0.25) is 0 Å². The molecule has 0 atom stereocenters. The lowest BCUT2D eigenvalue weighted by atomic mass is 10.2. The first-order valence-corrected chi connectivity index (χ1v) is 12.1. The van der Waals surface area contributed by atoms with E-state index in [0.29, 0.717) is 18.0 Å². The van der Waals surface area contributed by atoms with Gasteiger partial charge in [0.25, 0.3) is 0 Å². The van der Waals surface area contributed by atoms with Gasteiger partial charge in [-0.05, 0) is 74.0 Å². The number of nitrogens with zero attached hydrogens (tertiary/aromatic N) is 2. The molecule has 0 aliphatic carbocycles. The van der Waals surface area contributed by atoms with E-state index in [1.165, 1.54) is 6.21 Å². The fraction of sp³-hybridized carbons (Fsp3) is 0.107. The lowest BCUT2D eigenvalue weighted by Crippen LogP contribution is -2.32. The van der Waals surface area contributed by atoms with Crippen LogP contribution >= 0.6 is 15.9 Å². The smallest absolute Gasteiger partial charge is 0.329 e. The maximum atomic E-state index is 12.3. The van der Waals surface area contributed by atoms with Gasteiger partial charge < -0.3 is 14.6 Å². The Kier molecular flexibility index (Phi) is 7.97. The SMILES string of the molecule is Cc1cc(/C=N\NC(=O)C(=O)Nc2ccc(OCc3ccccc3)cc2)c(C)n1-c1ccc(Br)cc1. The van der Waals surface area contributed by atoms with Gasteiger partial charge in [-0.2, -0.15) is 5.10 Å². The number of hydrazone groups is 1. The highest BCUT2D eigenvalue weighted by Gasteiger charge is 2.14. The Balaban J connectivity index is 1.30. The molecule has 0 spiro atoms. The Labute approximate surface area is 217 Å². The molecule has 8 heteroatoms. The largest absolute Gasteiger partial charge is 0.489 e. The lowest BCUT2D eigenvalue weighted by molar-refractivity contribution is -0.136. The van der Waals surface area contributed by atoms with Crippen LogP contribution in [0.5, 0.6) is 5.75 Å². The summed E-state index contributed by atoms with van der Waals surface area (Å²) < 4.78 is 8.83. The van der Waals surface area contributed by atoms with Crippen molar-refractivity contribution in [2.45, 2.75) is 20.5 Å². The number of anilines is 1. The van der Waals surface area contributed by atoms with Gasteiger partial charge in [0.05, 0.1) is 6.21 Å². The summed E-state index contributed by atoms with van der Waals surface area (Å²) in [4.78, 5) is 24.5. The van der Waals surface area contributed by atoms with Gasteiger partial charge in [0.1, 0.15) is 12.4 Å². The molecule has 0 radical (unpaired) electrons. The number of aromatic nitrogens is 1. The number of aryl methyl sites for hydroxylation is 1. The predicted molar refractivity (Wildman–Crippen MR) is 145 cm³/mol. The molecular formula is C28H25BrN4O3. The molecule has 7 nitrogen and oxygen atoms in total. The van der Waals surface area contributed by atoms with Crippen molar-refractivity contribution in [1.29, 1.82) is 0 Å². The first kappa shape index (κ1) is 24.9. The number of rotatable bonds is 7. The van der Waals surface area contributed by atoms with Crippen LogP contribution in [0.1, 0.15) is 22.5 Å². The number of carbonyl (C=O) groups excluding carboxylic acids is 2. The zero-order valence-electron chi connectivity index (χ0n) is 19.9. The van der Waals surface area contributed by atoms with Crippen LogP contribution in [0.2, 0.25) is 0 Å².